The Morgan fingerprint density at radius 3 is 1.76 bits per heavy atom. The standard InChI is InChI=1S/C45H63N3O6/c1-10-11-12-13-14-21-28-48(41(50)37(30-34-22-17-15-18-23-34)47-43(52)54-45(7,8)9)39(36-29-32(2)26-27-33(36)3)40(49)46-38(42(51)53-44(4,5)6)31-35-24-19-16-20-25-35/h15-20,22-27,29,37-39H,10-14,21,28,30-31H2,1-9H3,(H,46,49)(H,47,52). The summed E-state index contributed by atoms with van der Waals surface area (Å²) in [5, 5.41) is 5.88. The van der Waals surface area contributed by atoms with Crippen molar-refractivity contribution in [3.63, 3.8) is 0 Å². The van der Waals surface area contributed by atoms with Crippen LogP contribution in [-0.2, 0) is 36.7 Å². The minimum atomic E-state index is -1.12. The zero-order valence-corrected chi connectivity index (χ0v) is 34.0. The molecule has 0 spiro atoms. The summed E-state index contributed by atoms with van der Waals surface area (Å²) in [4.78, 5) is 58.7. The second-order valence-electron chi connectivity index (χ2n) is 16.2. The van der Waals surface area contributed by atoms with E-state index in [1.54, 1.807) is 46.4 Å². The maximum Gasteiger partial charge on any atom is 0.408 e. The fourth-order valence-electron chi connectivity index (χ4n) is 6.30. The fourth-order valence-corrected chi connectivity index (χ4v) is 6.30. The highest BCUT2D eigenvalue weighted by molar-refractivity contribution is 5.94. The van der Waals surface area contributed by atoms with E-state index in [9.17, 15) is 14.4 Å². The number of benzene rings is 3. The first-order valence-electron chi connectivity index (χ1n) is 19.5. The van der Waals surface area contributed by atoms with Crippen LogP contribution in [0.25, 0.3) is 0 Å². The quantitative estimate of drug-likeness (QED) is 0.0996. The maximum absolute atomic E-state index is 15.1. The second kappa shape index (κ2) is 20.7. The van der Waals surface area contributed by atoms with Gasteiger partial charge in [0.15, 0.2) is 0 Å². The molecule has 3 atom stereocenters. The number of esters is 1. The second-order valence-corrected chi connectivity index (χ2v) is 16.2. The van der Waals surface area contributed by atoms with Crippen molar-refractivity contribution in [2.75, 3.05) is 6.54 Å². The van der Waals surface area contributed by atoms with Gasteiger partial charge in [-0.1, -0.05) is 123 Å². The van der Waals surface area contributed by atoms with Crippen LogP contribution in [0, 0.1) is 13.8 Å². The zero-order valence-electron chi connectivity index (χ0n) is 34.0. The molecule has 0 heterocycles. The van der Waals surface area contributed by atoms with E-state index in [0.717, 1.165) is 54.4 Å². The van der Waals surface area contributed by atoms with Crippen LogP contribution in [0.4, 0.5) is 4.79 Å². The van der Waals surface area contributed by atoms with E-state index in [0.29, 0.717) is 12.0 Å². The Morgan fingerprint density at radius 1 is 0.667 bits per heavy atom. The van der Waals surface area contributed by atoms with Gasteiger partial charge >= 0.3 is 12.1 Å². The predicted octanol–water partition coefficient (Wildman–Crippen LogP) is 8.74. The molecule has 0 aromatic heterocycles. The third-order valence-electron chi connectivity index (χ3n) is 8.89. The van der Waals surface area contributed by atoms with Gasteiger partial charge in [0.05, 0.1) is 0 Å². The monoisotopic (exact) mass is 741 g/mol. The summed E-state index contributed by atoms with van der Waals surface area (Å²) in [7, 11) is 0. The topological polar surface area (TPSA) is 114 Å². The van der Waals surface area contributed by atoms with Crippen molar-refractivity contribution >= 4 is 23.9 Å². The van der Waals surface area contributed by atoms with Gasteiger partial charge in [0.2, 0.25) is 11.8 Å². The lowest BCUT2D eigenvalue weighted by Gasteiger charge is -2.36. The molecule has 0 saturated heterocycles. The van der Waals surface area contributed by atoms with Gasteiger partial charge in [-0.25, -0.2) is 9.59 Å². The summed E-state index contributed by atoms with van der Waals surface area (Å²) in [6, 6.07) is 21.6. The average molecular weight is 742 g/mol. The summed E-state index contributed by atoms with van der Waals surface area (Å²) in [6.07, 6.45) is 5.48. The van der Waals surface area contributed by atoms with Gasteiger partial charge in [0, 0.05) is 19.4 Å². The summed E-state index contributed by atoms with van der Waals surface area (Å²) < 4.78 is 11.4. The van der Waals surface area contributed by atoms with E-state index in [2.05, 4.69) is 17.6 Å². The maximum atomic E-state index is 15.1. The van der Waals surface area contributed by atoms with Gasteiger partial charge in [-0.2, -0.15) is 0 Å². The Labute approximate surface area is 323 Å². The van der Waals surface area contributed by atoms with Crippen molar-refractivity contribution in [2.24, 2.45) is 0 Å². The molecule has 3 rings (SSSR count). The van der Waals surface area contributed by atoms with Crippen LogP contribution in [0.5, 0.6) is 0 Å². The Balaban J connectivity index is 2.15. The van der Waals surface area contributed by atoms with Gasteiger partial charge < -0.3 is 25.0 Å². The summed E-state index contributed by atoms with van der Waals surface area (Å²) in [5.41, 5.74) is 2.48. The third-order valence-corrected chi connectivity index (χ3v) is 8.89. The summed E-state index contributed by atoms with van der Waals surface area (Å²) >= 11 is 0. The van der Waals surface area contributed by atoms with Crippen molar-refractivity contribution in [1.29, 1.82) is 0 Å². The van der Waals surface area contributed by atoms with Crippen LogP contribution in [0.15, 0.2) is 78.9 Å². The average Bonchev–Trinajstić information content (AvgIpc) is 3.09. The number of amides is 3. The molecule has 0 bridgehead atoms. The third kappa shape index (κ3) is 15.0. The highest BCUT2D eigenvalue weighted by Gasteiger charge is 2.39. The molecule has 294 valence electrons. The highest BCUT2D eigenvalue weighted by atomic mass is 16.6. The molecule has 54 heavy (non-hydrogen) atoms. The van der Waals surface area contributed by atoms with Crippen LogP contribution >= 0.6 is 0 Å². The minimum absolute atomic E-state index is 0.182. The number of carbonyl (C=O) groups is 4. The van der Waals surface area contributed by atoms with Crippen LogP contribution in [0.2, 0.25) is 0 Å². The van der Waals surface area contributed by atoms with Crippen molar-refractivity contribution in [3.05, 3.63) is 107 Å². The number of carbonyl (C=O) groups excluding carboxylic acids is 4. The van der Waals surface area contributed by atoms with E-state index >= 15 is 4.79 Å². The van der Waals surface area contributed by atoms with Gasteiger partial charge in [-0.3, -0.25) is 9.59 Å². The summed E-state index contributed by atoms with van der Waals surface area (Å²) in [6.45, 7) is 16.9. The van der Waals surface area contributed by atoms with Crippen molar-refractivity contribution in [2.45, 2.75) is 143 Å². The molecule has 9 nitrogen and oxygen atoms in total. The Hall–Kier alpha value is -4.66. The largest absolute Gasteiger partial charge is 0.458 e. The molecule has 0 fully saturated rings. The van der Waals surface area contributed by atoms with Crippen molar-refractivity contribution < 1.29 is 28.7 Å². The number of alkyl carbamates (subject to hydrolysis) is 1. The molecule has 0 aliphatic rings. The molecule has 3 unspecified atom stereocenters. The van der Waals surface area contributed by atoms with Crippen LogP contribution in [0.1, 0.15) is 121 Å². The van der Waals surface area contributed by atoms with E-state index in [1.165, 1.54) is 0 Å². The first-order valence-corrected chi connectivity index (χ1v) is 19.5. The molecular formula is C45H63N3O6. The molecule has 3 amide bonds. The zero-order chi connectivity index (χ0) is 39.9. The molecule has 0 aliphatic carbocycles. The molecule has 9 heteroatoms. The fraction of sp³-hybridized carbons (Fsp3) is 0.511. The van der Waals surface area contributed by atoms with Gasteiger partial charge in [-0.15, -0.1) is 0 Å². The molecule has 0 radical (unpaired) electrons. The van der Waals surface area contributed by atoms with Crippen LogP contribution in [0.3, 0.4) is 0 Å². The lowest BCUT2D eigenvalue weighted by Crippen LogP contribution is -2.55. The van der Waals surface area contributed by atoms with Crippen LogP contribution < -0.4 is 10.6 Å². The number of nitrogens with one attached hydrogen (secondary N) is 2. The number of nitrogens with zero attached hydrogens (tertiary/aromatic N) is 1. The molecule has 3 aromatic carbocycles. The molecule has 0 aliphatic heterocycles. The minimum Gasteiger partial charge on any atom is -0.458 e. The first kappa shape index (κ1) is 43.7. The number of aryl methyl sites for hydroxylation is 2. The molecule has 3 aromatic rings. The van der Waals surface area contributed by atoms with E-state index in [1.807, 2.05) is 92.7 Å². The highest BCUT2D eigenvalue weighted by Crippen LogP contribution is 2.29. The smallest absolute Gasteiger partial charge is 0.408 e. The predicted molar refractivity (Wildman–Crippen MR) is 215 cm³/mol. The Bertz CT molecular complexity index is 1650. The number of hydrogen-bond acceptors (Lipinski definition) is 6. The Kier molecular flexibility index (Phi) is 16.8. The molecule has 2 N–H and O–H groups in total. The number of unbranched alkanes of at least 4 members (excludes halogenated alkanes) is 5. The molecular weight excluding hydrogens is 679 g/mol. The molecule has 0 saturated carbocycles. The normalized spacial score (nSPS) is 13.3. The number of ether oxygens (including phenoxy) is 2. The van der Waals surface area contributed by atoms with E-state index < -0.39 is 53.2 Å². The van der Waals surface area contributed by atoms with Crippen LogP contribution in [-0.4, -0.2) is 58.6 Å². The van der Waals surface area contributed by atoms with E-state index in [-0.39, 0.29) is 19.4 Å². The lowest BCUT2D eigenvalue weighted by molar-refractivity contribution is -0.159. The SMILES string of the molecule is CCCCCCCCN(C(=O)C(Cc1ccccc1)NC(=O)OC(C)(C)C)C(C(=O)NC(Cc1ccccc1)C(=O)OC(C)(C)C)c1cc(C)ccc1C. The first-order chi connectivity index (χ1) is 25.5. The van der Waals surface area contributed by atoms with Gasteiger partial charge in [-0.05, 0) is 84.1 Å². The van der Waals surface area contributed by atoms with Crippen molar-refractivity contribution in [3.8, 4) is 0 Å². The number of hydrogen-bond donors (Lipinski definition) is 2. The van der Waals surface area contributed by atoms with E-state index in [4.69, 9.17) is 9.47 Å². The summed E-state index contributed by atoms with van der Waals surface area (Å²) in [5.74, 6) is -1.50. The number of rotatable bonds is 18. The van der Waals surface area contributed by atoms with Gasteiger partial charge in [0.1, 0.15) is 29.3 Å². The van der Waals surface area contributed by atoms with Crippen molar-refractivity contribution in [1.82, 2.24) is 15.5 Å². The lowest BCUT2D eigenvalue weighted by atomic mass is 9.94. The van der Waals surface area contributed by atoms with Gasteiger partial charge in [0.25, 0.3) is 0 Å². The Morgan fingerprint density at radius 2 is 1.20 bits per heavy atom.